The van der Waals surface area contributed by atoms with E-state index in [1.807, 2.05) is 43.1 Å². The molecule has 1 aromatic carbocycles. The molecule has 8 heteroatoms. The Morgan fingerprint density at radius 3 is 2.34 bits per heavy atom. The molecule has 0 saturated carbocycles. The van der Waals surface area contributed by atoms with Gasteiger partial charge >= 0.3 is 6.18 Å². The summed E-state index contributed by atoms with van der Waals surface area (Å²) in [6.45, 7) is 5.94. The lowest BCUT2D eigenvalue weighted by Crippen LogP contribution is -3.15. The zero-order chi connectivity index (χ0) is 21.0. The normalized spacial score (nSPS) is 15.4. The van der Waals surface area contributed by atoms with Gasteiger partial charge in [-0.25, -0.2) is 4.98 Å². The molecule has 2 heterocycles. The van der Waals surface area contributed by atoms with Gasteiger partial charge in [-0.3, -0.25) is 9.69 Å². The number of benzene rings is 1. The highest BCUT2D eigenvalue weighted by atomic mass is 19.4. The molecule has 1 amide bonds. The molecular weight excluding hydrogens is 381 g/mol. The first-order valence-electron chi connectivity index (χ1n) is 9.69. The van der Waals surface area contributed by atoms with Crippen LogP contribution in [0, 0.1) is 6.92 Å². The lowest BCUT2D eigenvalue weighted by Gasteiger charge is -2.29. The van der Waals surface area contributed by atoms with Gasteiger partial charge in [0.2, 0.25) is 0 Å². The molecule has 5 nitrogen and oxygen atoms in total. The zero-order valence-electron chi connectivity index (χ0n) is 16.7. The Balaban J connectivity index is 1.47. The van der Waals surface area contributed by atoms with Crippen molar-refractivity contribution in [3.8, 4) is 0 Å². The number of hydrogen-bond acceptors (Lipinski definition) is 2. The summed E-state index contributed by atoms with van der Waals surface area (Å²) >= 11 is 0. The van der Waals surface area contributed by atoms with Crippen LogP contribution in [0.3, 0.4) is 0 Å². The van der Waals surface area contributed by atoms with Crippen molar-refractivity contribution in [3.63, 3.8) is 0 Å². The summed E-state index contributed by atoms with van der Waals surface area (Å²) in [6.07, 6.45) is -3.35. The van der Waals surface area contributed by atoms with Crippen LogP contribution in [-0.2, 0) is 17.5 Å². The second-order valence-electron chi connectivity index (χ2n) is 7.61. The van der Waals surface area contributed by atoms with Gasteiger partial charge in [0.05, 0.1) is 5.56 Å². The smallest absolute Gasteiger partial charge is 0.337 e. The minimum absolute atomic E-state index is 0.0927. The molecule has 0 aliphatic carbocycles. The van der Waals surface area contributed by atoms with Crippen molar-refractivity contribution in [1.29, 1.82) is 0 Å². The average Bonchev–Trinajstić information content (AvgIpc) is 2.69. The third kappa shape index (κ3) is 5.69. The summed E-state index contributed by atoms with van der Waals surface area (Å²) in [5, 5.41) is 0. The fourth-order valence-electron chi connectivity index (χ4n) is 3.43. The first-order valence-corrected chi connectivity index (χ1v) is 9.69. The van der Waals surface area contributed by atoms with E-state index < -0.39 is 11.7 Å². The quantitative estimate of drug-likeness (QED) is 0.808. The van der Waals surface area contributed by atoms with E-state index in [9.17, 15) is 18.0 Å². The van der Waals surface area contributed by atoms with Crippen LogP contribution in [0.4, 0.5) is 19.0 Å². The molecule has 0 radical (unpaired) electrons. The highest BCUT2D eigenvalue weighted by molar-refractivity contribution is 5.76. The summed E-state index contributed by atoms with van der Waals surface area (Å²) in [6, 6.07) is 10.7. The van der Waals surface area contributed by atoms with Crippen molar-refractivity contribution in [2.75, 3.05) is 44.7 Å². The van der Waals surface area contributed by atoms with Crippen LogP contribution in [0.2, 0.25) is 0 Å². The third-order valence-electron chi connectivity index (χ3n) is 5.30. The Bertz CT molecular complexity index is 813. The van der Waals surface area contributed by atoms with E-state index in [0.717, 1.165) is 30.9 Å². The molecule has 1 aliphatic rings. The largest absolute Gasteiger partial charge is 0.419 e. The number of quaternary nitrogens is 1. The monoisotopic (exact) mass is 408 g/mol. The fraction of sp³-hybridized carbons (Fsp3) is 0.429. The van der Waals surface area contributed by atoms with Crippen molar-refractivity contribution < 1.29 is 27.8 Å². The number of hydrogen-bond donors (Lipinski definition) is 1. The topological polar surface area (TPSA) is 42.1 Å². The number of alkyl halides is 3. The summed E-state index contributed by atoms with van der Waals surface area (Å²) in [5.41, 5.74) is 1.60. The molecule has 1 aliphatic heterocycles. The molecule has 0 atom stereocenters. The first kappa shape index (κ1) is 21.1. The number of anilines is 1. The number of carbonyl (C=O) groups is 1. The van der Waals surface area contributed by atoms with Crippen molar-refractivity contribution in [1.82, 2.24) is 4.90 Å². The molecule has 156 valence electrons. The maximum atomic E-state index is 12.7. The molecule has 3 rings (SSSR count). The maximum absolute atomic E-state index is 12.7. The minimum atomic E-state index is -4.34. The Morgan fingerprint density at radius 2 is 1.79 bits per heavy atom. The van der Waals surface area contributed by atoms with Gasteiger partial charge in [-0.2, -0.15) is 13.2 Å². The van der Waals surface area contributed by atoms with Crippen LogP contribution in [-0.4, -0.2) is 50.6 Å². The maximum Gasteiger partial charge on any atom is 0.419 e. The van der Waals surface area contributed by atoms with Crippen LogP contribution in [0.1, 0.15) is 16.7 Å². The molecule has 1 saturated heterocycles. The van der Waals surface area contributed by atoms with E-state index in [1.165, 1.54) is 16.5 Å². The summed E-state index contributed by atoms with van der Waals surface area (Å²) in [5.74, 6) is 0.759. The van der Waals surface area contributed by atoms with Crippen molar-refractivity contribution in [3.05, 3.63) is 59.3 Å². The lowest BCUT2D eigenvalue weighted by atomic mass is 10.1. The Kier molecular flexibility index (Phi) is 6.42. The van der Waals surface area contributed by atoms with Crippen LogP contribution < -0.4 is 14.8 Å². The average molecular weight is 408 g/mol. The molecule has 0 spiro atoms. The molecular formula is C21H27F3N4O+2. The summed E-state index contributed by atoms with van der Waals surface area (Å²) < 4.78 is 38.0. The molecule has 0 bridgehead atoms. The Labute approximate surface area is 168 Å². The van der Waals surface area contributed by atoms with Gasteiger partial charge in [-0.05, 0) is 18.6 Å². The summed E-state index contributed by atoms with van der Waals surface area (Å²) in [7, 11) is 1.81. The minimum Gasteiger partial charge on any atom is -0.337 e. The van der Waals surface area contributed by atoms with Crippen molar-refractivity contribution >= 4 is 11.7 Å². The molecule has 0 unspecified atom stereocenters. The Morgan fingerprint density at radius 1 is 1.14 bits per heavy atom. The highest BCUT2D eigenvalue weighted by Gasteiger charge is 2.33. The number of rotatable bonds is 5. The van der Waals surface area contributed by atoms with E-state index in [2.05, 4.69) is 4.98 Å². The molecule has 29 heavy (non-hydrogen) atoms. The number of halogens is 3. The number of aromatic nitrogens is 1. The number of piperazine rings is 1. The van der Waals surface area contributed by atoms with Crippen molar-refractivity contribution in [2.24, 2.45) is 0 Å². The van der Waals surface area contributed by atoms with Crippen LogP contribution in [0.25, 0.3) is 0 Å². The predicted octanol–water partition coefficient (Wildman–Crippen LogP) is 1.19. The van der Waals surface area contributed by atoms with Gasteiger partial charge in [0, 0.05) is 19.7 Å². The predicted molar refractivity (Wildman–Crippen MR) is 103 cm³/mol. The number of aryl methyl sites for hydroxylation is 1. The number of H-pyrrole nitrogens is 1. The van der Waals surface area contributed by atoms with E-state index in [0.29, 0.717) is 32.0 Å². The van der Waals surface area contributed by atoms with E-state index >= 15 is 0 Å². The van der Waals surface area contributed by atoms with Gasteiger partial charge in [0.1, 0.15) is 32.4 Å². The van der Waals surface area contributed by atoms with Crippen LogP contribution >= 0.6 is 0 Å². The van der Waals surface area contributed by atoms with Gasteiger partial charge < -0.3 is 9.80 Å². The van der Waals surface area contributed by atoms with Crippen LogP contribution in [0.5, 0.6) is 0 Å². The third-order valence-corrected chi connectivity index (χ3v) is 5.30. The molecule has 1 fully saturated rings. The SMILES string of the molecule is Cc1ccc(CN(C)C(=O)C[NH+]2CCN(c3ccc(C(F)(F)F)c[nH+]3)CC2)cc1. The van der Waals surface area contributed by atoms with Crippen molar-refractivity contribution in [2.45, 2.75) is 19.6 Å². The summed E-state index contributed by atoms with van der Waals surface area (Å²) in [4.78, 5) is 20.2. The number of aromatic amines is 1. The number of amides is 1. The van der Waals surface area contributed by atoms with Gasteiger partial charge in [0.15, 0.2) is 6.54 Å². The van der Waals surface area contributed by atoms with Gasteiger partial charge in [-0.1, -0.05) is 29.8 Å². The number of nitrogens with zero attached hydrogens (tertiary/aromatic N) is 2. The number of carbonyl (C=O) groups excluding carboxylic acids is 1. The van der Waals surface area contributed by atoms with E-state index in [1.54, 1.807) is 4.90 Å². The van der Waals surface area contributed by atoms with Gasteiger partial charge in [-0.15, -0.1) is 0 Å². The fourth-order valence-corrected chi connectivity index (χ4v) is 3.43. The van der Waals surface area contributed by atoms with E-state index in [-0.39, 0.29) is 5.91 Å². The van der Waals surface area contributed by atoms with Crippen LogP contribution in [0.15, 0.2) is 42.6 Å². The number of likely N-dealkylation sites (N-methyl/N-ethyl adjacent to an activating group) is 1. The second kappa shape index (κ2) is 8.82. The molecule has 1 aromatic heterocycles. The molecule has 2 N–H and O–H groups in total. The van der Waals surface area contributed by atoms with E-state index in [4.69, 9.17) is 0 Å². The standard InChI is InChI=1S/C21H25F3N4O/c1-16-3-5-17(6-4-16)14-26(2)20(29)15-27-9-11-28(12-10-27)19-8-7-18(13-25-19)21(22,23)24/h3-8,13H,9-12,14-15H2,1-2H3/p+2. The Hall–Kier alpha value is -2.61. The first-order chi connectivity index (χ1) is 13.7. The lowest BCUT2D eigenvalue weighted by molar-refractivity contribution is -0.892. The highest BCUT2D eigenvalue weighted by Crippen LogP contribution is 2.28. The number of nitrogens with one attached hydrogen (secondary N) is 2. The zero-order valence-corrected chi connectivity index (χ0v) is 16.7. The molecule has 2 aromatic rings. The second-order valence-corrected chi connectivity index (χ2v) is 7.61. The number of pyridine rings is 1. The van der Waals surface area contributed by atoms with Gasteiger partial charge in [0.25, 0.3) is 11.7 Å².